The molecule has 2 aromatic rings. The van der Waals surface area contributed by atoms with Crippen molar-refractivity contribution in [3.8, 4) is 9.75 Å². The van der Waals surface area contributed by atoms with E-state index in [9.17, 15) is 0 Å². The van der Waals surface area contributed by atoms with Crippen LogP contribution in [0.3, 0.4) is 0 Å². The summed E-state index contributed by atoms with van der Waals surface area (Å²) in [4.78, 5) is 4.35. The number of thiol groups is 1. The third-order valence-corrected chi connectivity index (χ3v) is 5.28. The zero-order valence-corrected chi connectivity index (χ0v) is 12.4. The maximum atomic E-state index is 4.23. The van der Waals surface area contributed by atoms with E-state index in [-0.39, 0.29) is 0 Å². The van der Waals surface area contributed by atoms with Crippen molar-refractivity contribution in [3.63, 3.8) is 0 Å². The monoisotopic (exact) mass is 282 g/mol. The predicted molar refractivity (Wildman–Crippen MR) is 83.7 cm³/mol. The van der Waals surface area contributed by atoms with E-state index >= 15 is 0 Å². The second-order valence-corrected chi connectivity index (χ2v) is 6.69. The smallest absolute Gasteiger partial charge is 0.0445 e. The van der Waals surface area contributed by atoms with Crippen LogP contribution in [-0.2, 0) is 6.42 Å². The van der Waals surface area contributed by atoms with Gasteiger partial charge in [-0.15, -0.1) is 22.7 Å². The molecule has 0 saturated carbocycles. The first kappa shape index (κ1) is 13.2. The van der Waals surface area contributed by atoms with Crippen molar-refractivity contribution in [2.75, 3.05) is 5.75 Å². The van der Waals surface area contributed by atoms with Crippen molar-refractivity contribution < 1.29 is 0 Å². The second-order valence-electron chi connectivity index (χ2n) is 4.13. The summed E-state index contributed by atoms with van der Waals surface area (Å²) in [5.74, 6) is 1.03. The summed E-state index contributed by atoms with van der Waals surface area (Å²) in [6, 6.07) is 8.88. The molecule has 2 heterocycles. The molecule has 0 aliphatic rings. The molecule has 0 nitrogen and oxygen atoms in total. The fourth-order valence-corrected chi connectivity index (χ4v) is 3.94. The molecule has 0 aliphatic heterocycles. The van der Waals surface area contributed by atoms with E-state index < -0.39 is 0 Å². The van der Waals surface area contributed by atoms with Crippen LogP contribution >= 0.6 is 35.3 Å². The standard InChI is InChI=1S/C14H18S3/c15-10-4-2-1-3-6-12-8-9-14(17-12)13-7-5-11-16-13/h5,7-9,11,15H,1-4,6,10H2. The SMILES string of the molecule is SCCCCCCc1ccc(-c2cccs2)s1. The number of hydrogen-bond acceptors (Lipinski definition) is 3. The molecule has 0 saturated heterocycles. The molecule has 2 aromatic heterocycles. The summed E-state index contributed by atoms with van der Waals surface area (Å²) in [6.45, 7) is 0. The summed E-state index contributed by atoms with van der Waals surface area (Å²) in [7, 11) is 0. The van der Waals surface area contributed by atoms with Gasteiger partial charge < -0.3 is 0 Å². The van der Waals surface area contributed by atoms with Crippen LogP contribution in [0.2, 0.25) is 0 Å². The van der Waals surface area contributed by atoms with Crippen molar-refractivity contribution in [1.82, 2.24) is 0 Å². The van der Waals surface area contributed by atoms with Crippen LogP contribution in [0, 0.1) is 0 Å². The lowest BCUT2D eigenvalue weighted by Crippen LogP contribution is -1.82. The number of aryl methyl sites for hydroxylation is 1. The van der Waals surface area contributed by atoms with E-state index in [0.717, 1.165) is 5.75 Å². The molecule has 0 atom stereocenters. The molecule has 0 N–H and O–H groups in total. The lowest BCUT2D eigenvalue weighted by atomic mass is 10.1. The van der Waals surface area contributed by atoms with Crippen molar-refractivity contribution >= 4 is 35.3 Å². The minimum atomic E-state index is 1.03. The molecule has 0 radical (unpaired) electrons. The average molecular weight is 282 g/mol. The Morgan fingerprint density at radius 3 is 2.59 bits per heavy atom. The molecule has 0 amide bonds. The van der Waals surface area contributed by atoms with Crippen LogP contribution in [0.15, 0.2) is 29.6 Å². The Labute approximate surface area is 117 Å². The summed E-state index contributed by atoms with van der Waals surface area (Å²) in [5.41, 5.74) is 0. The normalized spacial score (nSPS) is 10.9. The van der Waals surface area contributed by atoms with Crippen molar-refractivity contribution in [2.45, 2.75) is 32.1 Å². The molecular formula is C14H18S3. The van der Waals surface area contributed by atoms with Gasteiger partial charge in [-0.25, -0.2) is 0 Å². The van der Waals surface area contributed by atoms with Gasteiger partial charge in [-0.3, -0.25) is 0 Å². The Bertz CT molecular complexity index is 414. The number of unbranched alkanes of at least 4 members (excludes halogenated alkanes) is 3. The molecule has 0 bridgehead atoms. The van der Waals surface area contributed by atoms with Crippen LogP contribution in [0.25, 0.3) is 9.75 Å². The molecule has 92 valence electrons. The van der Waals surface area contributed by atoms with Gasteiger partial charge in [0.15, 0.2) is 0 Å². The zero-order chi connectivity index (χ0) is 11.9. The van der Waals surface area contributed by atoms with Crippen LogP contribution in [-0.4, -0.2) is 5.75 Å². The Balaban J connectivity index is 1.79. The quantitative estimate of drug-likeness (QED) is 0.502. The Kier molecular flexibility index (Phi) is 5.62. The Morgan fingerprint density at radius 2 is 1.82 bits per heavy atom. The van der Waals surface area contributed by atoms with Crippen molar-refractivity contribution in [1.29, 1.82) is 0 Å². The average Bonchev–Trinajstić information content (AvgIpc) is 2.99. The van der Waals surface area contributed by atoms with Crippen molar-refractivity contribution in [2.24, 2.45) is 0 Å². The van der Waals surface area contributed by atoms with Crippen LogP contribution < -0.4 is 0 Å². The molecule has 0 aliphatic carbocycles. The van der Waals surface area contributed by atoms with Gasteiger partial charge in [0, 0.05) is 14.6 Å². The molecule has 2 rings (SSSR count). The topological polar surface area (TPSA) is 0 Å². The van der Waals surface area contributed by atoms with Gasteiger partial charge in [0.2, 0.25) is 0 Å². The highest BCUT2D eigenvalue weighted by Gasteiger charge is 2.03. The first-order valence-electron chi connectivity index (χ1n) is 6.13. The maximum Gasteiger partial charge on any atom is 0.0445 e. The summed E-state index contributed by atoms with van der Waals surface area (Å²) in [5, 5.41) is 2.15. The Morgan fingerprint density at radius 1 is 0.941 bits per heavy atom. The fraction of sp³-hybridized carbons (Fsp3) is 0.429. The minimum Gasteiger partial charge on any atom is -0.179 e. The molecule has 17 heavy (non-hydrogen) atoms. The van der Waals surface area contributed by atoms with Gasteiger partial charge in [0.1, 0.15) is 0 Å². The first-order valence-corrected chi connectivity index (χ1v) is 8.46. The van der Waals surface area contributed by atoms with E-state index in [1.54, 1.807) is 0 Å². The van der Waals surface area contributed by atoms with E-state index in [4.69, 9.17) is 0 Å². The van der Waals surface area contributed by atoms with Gasteiger partial charge in [-0.2, -0.15) is 12.6 Å². The molecule has 0 fully saturated rings. The summed E-state index contributed by atoms with van der Waals surface area (Å²) >= 11 is 8.01. The zero-order valence-electron chi connectivity index (χ0n) is 9.89. The van der Waals surface area contributed by atoms with Crippen LogP contribution in [0.1, 0.15) is 30.6 Å². The van der Waals surface area contributed by atoms with Crippen molar-refractivity contribution in [3.05, 3.63) is 34.5 Å². The molecule has 0 spiro atoms. The number of rotatable bonds is 7. The Hall–Kier alpha value is -0.250. The van der Waals surface area contributed by atoms with Gasteiger partial charge >= 0.3 is 0 Å². The largest absolute Gasteiger partial charge is 0.179 e. The lowest BCUT2D eigenvalue weighted by Gasteiger charge is -1.97. The van der Waals surface area contributed by atoms with Crippen LogP contribution in [0.5, 0.6) is 0 Å². The highest BCUT2D eigenvalue weighted by molar-refractivity contribution is 7.80. The second kappa shape index (κ2) is 7.24. The van der Waals surface area contributed by atoms with Gasteiger partial charge in [0.05, 0.1) is 0 Å². The highest BCUT2D eigenvalue weighted by atomic mass is 32.1. The van der Waals surface area contributed by atoms with E-state index in [2.05, 4.69) is 42.3 Å². The maximum absolute atomic E-state index is 4.23. The van der Waals surface area contributed by atoms with E-state index in [0.29, 0.717) is 0 Å². The van der Waals surface area contributed by atoms with E-state index in [1.165, 1.54) is 46.7 Å². The molecule has 3 heteroatoms. The molecular weight excluding hydrogens is 264 g/mol. The number of hydrogen-bond donors (Lipinski definition) is 1. The third kappa shape index (κ3) is 4.16. The highest BCUT2D eigenvalue weighted by Crippen LogP contribution is 2.32. The summed E-state index contributed by atoms with van der Waals surface area (Å²) in [6.07, 6.45) is 6.48. The van der Waals surface area contributed by atoms with E-state index in [1.807, 2.05) is 22.7 Å². The lowest BCUT2D eigenvalue weighted by molar-refractivity contribution is 0.674. The van der Waals surface area contributed by atoms with Crippen LogP contribution in [0.4, 0.5) is 0 Å². The van der Waals surface area contributed by atoms with Gasteiger partial charge in [-0.05, 0) is 48.6 Å². The van der Waals surface area contributed by atoms with Gasteiger partial charge in [-0.1, -0.05) is 18.9 Å². The third-order valence-electron chi connectivity index (χ3n) is 2.76. The van der Waals surface area contributed by atoms with Gasteiger partial charge in [0.25, 0.3) is 0 Å². The molecule has 0 aromatic carbocycles. The molecule has 0 unspecified atom stereocenters. The fourth-order valence-electron chi connectivity index (χ4n) is 1.83. The first-order chi connectivity index (χ1) is 8.40. The number of thiophene rings is 2. The summed E-state index contributed by atoms with van der Waals surface area (Å²) < 4.78 is 0. The predicted octanol–water partition coefficient (Wildman–Crippen LogP) is 5.51. The minimum absolute atomic E-state index is 1.03.